The van der Waals surface area contributed by atoms with Crippen LogP contribution in [0.1, 0.15) is 6.92 Å². The monoisotopic (exact) mass is 177 g/mol. The number of anilines is 1. The van der Waals surface area contributed by atoms with Crippen LogP contribution in [-0.4, -0.2) is 19.3 Å². The van der Waals surface area contributed by atoms with Gasteiger partial charge in [0.05, 0.1) is 18.1 Å². The molecular weight excluding hydrogens is 166 g/mol. The molecule has 2 aromatic heterocycles. The van der Waals surface area contributed by atoms with Crippen LogP contribution in [0.3, 0.4) is 0 Å². The molecule has 0 aliphatic rings. The fourth-order valence-corrected chi connectivity index (χ4v) is 1.20. The molecule has 2 aromatic rings. The van der Waals surface area contributed by atoms with Crippen molar-refractivity contribution >= 4 is 5.69 Å². The first kappa shape index (κ1) is 7.85. The van der Waals surface area contributed by atoms with Crippen LogP contribution in [0.25, 0.3) is 5.95 Å². The van der Waals surface area contributed by atoms with Gasteiger partial charge < -0.3 is 10.3 Å². The third kappa shape index (κ3) is 1.28. The molecule has 0 amide bonds. The molecule has 0 bridgehead atoms. The molecule has 5 heteroatoms. The number of aromatic nitrogens is 4. The molecule has 0 aliphatic carbocycles. The Morgan fingerprint density at radius 1 is 1.54 bits per heavy atom. The molecule has 0 aromatic carbocycles. The van der Waals surface area contributed by atoms with Crippen molar-refractivity contribution in [3.63, 3.8) is 0 Å². The minimum atomic E-state index is 0.644. The Morgan fingerprint density at radius 3 is 3.00 bits per heavy atom. The highest BCUT2D eigenvalue weighted by Crippen LogP contribution is 2.06. The van der Waals surface area contributed by atoms with E-state index in [1.807, 2.05) is 10.8 Å². The molecule has 0 atom stereocenters. The molecule has 13 heavy (non-hydrogen) atoms. The summed E-state index contributed by atoms with van der Waals surface area (Å²) in [6.45, 7) is 2.92. The van der Waals surface area contributed by atoms with Crippen molar-refractivity contribution in [1.82, 2.24) is 19.3 Å². The van der Waals surface area contributed by atoms with Crippen molar-refractivity contribution in [3.05, 3.63) is 24.8 Å². The van der Waals surface area contributed by atoms with E-state index in [2.05, 4.69) is 17.0 Å². The van der Waals surface area contributed by atoms with E-state index >= 15 is 0 Å². The summed E-state index contributed by atoms with van der Waals surface area (Å²) in [5, 5.41) is 4.08. The molecule has 5 nitrogen and oxygen atoms in total. The summed E-state index contributed by atoms with van der Waals surface area (Å²) < 4.78 is 3.66. The van der Waals surface area contributed by atoms with Gasteiger partial charge in [-0.1, -0.05) is 0 Å². The molecule has 0 aliphatic heterocycles. The summed E-state index contributed by atoms with van der Waals surface area (Å²) in [7, 11) is 0. The minimum Gasteiger partial charge on any atom is -0.396 e. The summed E-state index contributed by atoms with van der Waals surface area (Å²) in [5.74, 6) is 0.791. The lowest BCUT2D eigenvalue weighted by atomic mass is 10.6. The Labute approximate surface area is 75.8 Å². The number of imidazole rings is 1. The number of nitrogens with two attached hydrogens (primary N) is 1. The first-order valence-corrected chi connectivity index (χ1v) is 4.13. The van der Waals surface area contributed by atoms with Gasteiger partial charge in [0, 0.05) is 18.9 Å². The predicted molar refractivity (Wildman–Crippen MR) is 49.4 cm³/mol. The standard InChI is InChI=1S/C8H11N5/c1-2-12-4-3-10-8(12)13-6-7(9)5-11-13/h3-6H,2,9H2,1H3. The number of hydrogen-bond donors (Lipinski definition) is 1. The second-order valence-corrected chi connectivity index (χ2v) is 2.73. The topological polar surface area (TPSA) is 61.7 Å². The molecule has 2 rings (SSSR count). The zero-order valence-corrected chi connectivity index (χ0v) is 7.38. The quantitative estimate of drug-likeness (QED) is 0.733. The smallest absolute Gasteiger partial charge is 0.230 e. The molecule has 0 saturated heterocycles. The highest BCUT2D eigenvalue weighted by Gasteiger charge is 2.03. The maximum absolute atomic E-state index is 5.56. The summed E-state index contributed by atoms with van der Waals surface area (Å²) in [6.07, 6.45) is 7.01. The molecule has 2 heterocycles. The lowest BCUT2D eigenvalue weighted by Crippen LogP contribution is -2.05. The van der Waals surface area contributed by atoms with Gasteiger partial charge in [-0.05, 0) is 6.92 Å². The van der Waals surface area contributed by atoms with Gasteiger partial charge in [0.25, 0.3) is 0 Å². The van der Waals surface area contributed by atoms with Crippen LogP contribution < -0.4 is 5.73 Å². The van der Waals surface area contributed by atoms with Crippen LogP contribution in [0.4, 0.5) is 5.69 Å². The average Bonchev–Trinajstić information content (AvgIpc) is 2.71. The van der Waals surface area contributed by atoms with E-state index in [9.17, 15) is 0 Å². The third-order valence-electron chi connectivity index (χ3n) is 1.84. The number of rotatable bonds is 2. The van der Waals surface area contributed by atoms with E-state index in [1.54, 1.807) is 23.3 Å². The first-order chi connectivity index (χ1) is 6.31. The van der Waals surface area contributed by atoms with Crippen LogP contribution in [0.2, 0.25) is 0 Å². The highest BCUT2D eigenvalue weighted by atomic mass is 15.4. The fourth-order valence-electron chi connectivity index (χ4n) is 1.20. The Bertz CT molecular complexity index is 400. The van der Waals surface area contributed by atoms with Crippen LogP contribution in [0.5, 0.6) is 0 Å². The maximum atomic E-state index is 5.56. The van der Waals surface area contributed by atoms with E-state index in [1.165, 1.54) is 0 Å². The Kier molecular flexibility index (Phi) is 1.77. The second-order valence-electron chi connectivity index (χ2n) is 2.73. The van der Waals surface area contributed by atoms with Gasteiger partial charge >= 0.3 is 0 Å². The van der Waals surface area contributed by atoms with Crippen LogP contribution in [-0.2, 0) is 6.54 Å². The van der Waals surface area contributed by atoms with Crippen molar-refractivity contribution < 1.29 is 0 Å². The predicted octanol–water partition coefficient (Wildman–Crippen LogP) is 0.671. The van der Waals surface area contributed by atoms with Gasteiger partial charge in [0.2, 0.25) is 5.95 Å². The first-order valence-electron chi connectivity index (χ1n) is 4.13. The SMILES string of the molecule is CCn1ccnc1-n1cc(N)cn1. The van der Waals surface area contributed by atoms with E-state index in [4.69, 9.17) is 5.73 Å². The Balaban J connectivity index is 2.45. The van der Waals surface area contributed by atoms with Gasteiger partial charge in [-0.25, -0.2) is 9.67 Å². The number of nitrogens with zero attached hydrogens (tertiary/aromatic N) is 4. The number of aryl methyl sites for hydroxylation is 1. The normalized spacial score (nSPS) is 10.5. The largest absolute Gasteiger partial charge is 0.396 e. The van der Waals surface area contributed by atoms with E-state index in [-0.39, 0.29) is 0 Å². The van der Waals surface area contributed by atoms with Crippen LogP contribution in [0, 0.1) is 0 Å². The molecular formula is C8H11N5. The fraction of sp³-hybridized carbons (Fsp3) is 0.250. The summed E-state index contributed by atoms with van der Waals surface area (Å²) in [5.41, 5.74) is 6.20. The zero-order chi connectivity index (χ0) is 9.26. The molecule has 0 spiro atoms. The lowest BCUT2D eigenvalue weighted by molar-refractivity contribution is 0.686. The lowest BCUT2D eigenvalue weighted by Gasteiger charge is -2.02. The highest BCUT2D eigenvalue weighted by molar-refractivity contribution is 5.33. The van der Waals surface area contributed by atoms with Crippen molar-refractivity contribution in [2.45, 2.75) is 13.5 Å². The second kappa shape index (κ2) is 2.93. The van der Waals surface area contributed by atoms with Crippen molar-refractivity contribution in [3.8, 4) is 5.95 Å². The van der Waals surface area contributed by atoms with E-state index < -0.39 is 0 Å². The van der Waals surface area contributed by atoms with Gasteiger partial charge in [-0.3, -0.25) is 0 Å². The molecule has 0 unspecified atom stereocenters. The van der Waals surface area contributed by atoms with Gasteiger partial charge in [-0.2, -0.15) is 5.10 Å². The third-order valence-corrected chi connectivity index (χ3v) is 1.84. The zero-order valence-electron chi connectivity index (χ0n) is 7.38. The Hall–Kier alpha value is -1.78. The molecule has 0 fully saturated rings. The van der Waals surface area contributed by atoms with E-state index in [0.29, 0.717) is 5.69 Å². The average molecular weight is 177 g/mol. The Morgan fingerprint density at radius 2 is 2.38 bits per heavy atom. The minimum absolute atomic E-state index is 0.644. The maximum Gasteiger partial charge on any atom is 0.230 e. The van der Waals surface area contributed by atoms with Gasteiger partial charge in [0.15, 0.2) is 0 Å². The molecule has 0 saturated carbocycles. The molecule has 2 N–H and O–H groups in total. The van der Waals surface area contributed by atoms with Crippen molar-refractivity contribution in [1.29, 1.82) is 0 Å². The van der Waals surface area contributed by atoms with Crippen LogP contribution in [0.15, 0.2) is 24.8 Å². The van der Waals surface area contributed by atoms with Gasteiger partial charge in [-0.15, -0.1) is 0 Å². The summed E-state index contributed by atoms with van der Waals surface area (Å²) in [4.78, 5) is 4.18. The number of hydrogen-bond acceptors (Lipinski definition) is 3. The van der Waals surface area contributed by atoms with Crippen molar-refractivity contribution in [2.24, 2.45) is 0 Å². The summed E-state index contributed by atoms with van der Waals surface area (Å²) >= 11 is 0. The van der Waals surface area contributed by atoms with Crippen molar-refractivity contribution in [2.75, 3.05) is 5.73 Å². The molecule has 0 radical (unpaired) electrons. The molecule has 68 valence electrons. The van der Waals surface area contributed by atoms with E-state index in [0.717, 1.165) is 12.5 Å². The van der Waals surface area contributed by atoms with Crippen LogP contribution >= 0.6 is 0 Å². The number of nitrogen functional groups attached to an aromatic ring is 1. The summed E-state index contributed by atoms with van der Waals surface area (Å²) in [6, 6.07) is 0. The van der Waals surface area contributed by atoms with Gasteiger partial charge in [0.1, 0.15) is 0 Å².